The van der Waals surface area contributed by atoms with Gasteiger partial charge < -0.3 is 14.8 Å². The first-order chi connectivity index (χ1) is 12.5. The Kier molecular flexibility index (Phi) is 5.85. The summed E-state index contributed by atoms with van der Waals surface area (Å²) in [6.07, 6.45) is 1.96. The van der Waals surface area contributed by atoms with Crippen LogP contribution >= 0.6 is 11.6 Å². The Balaban J connectivity index is 1.55. The molecule has 0 bridgehead atoms. The van der Waals surface area contributed by atoms with Crippen LogP contribution in [0.25, 0.3) is 5.69 Å². The smallest absolute Gasteiger partial charge is 0.361 e. The quantitative estimate of drug-likeness (QED) is 0.768. The molecule has 1 aliphatic rings. The minimum atomic E-state index is -0.706. The fraction of sp³-hybridized carbons (Fsp3) is 0.412. The van der Waals surface area contributed by atoms with Gasteiger partial charge in [0.25, 0.3) is 5.91 Å². The number of benzene rings is 1. The first kappa shape index (κ1) is 18.3. The molecule has 26 heavy (non-hydrogen) atoms. The van der Waals surface area contributed by atoms with Gasteiger partial charge in [-0.1, -0.05) is 17.7 Å². The molecule has 1 atom stereocenters. The second-order valence-electron chi connectivity index (χ2n) is 5.92. The number of amides is 1. The van der Waals surface area contributed by atoms with Gasteiger partial charge in [0.05, 0.1) is 17.5 Å². The molecule has 3 rings (SSSR count). The number of hydrogen-bond donors (Lipinski definition) is 1. The van der Waals surface area contributed by atoms with Gasteiger partial charge >= 0.3 is 5.97 Å². The minimum absolute atomic E-state index is 0.0366. The van der Waals surface area contributed by atoms with Gasteiger partial charge in [0.15, 0.2) is 12.3 Å². The number of nitrogens with zero attached hydrogens (tertiary/aromatic N) is 3. The van der Waals surface area contributed by atoms with Gasteiger partial charge in [-0.2, -0.15) is 9.90 Å². The number of esters is 1. The fourth-order valence-corrected chi connectivity index (χ4v) is 2.75. The molecule has 0 unspecified atom stereocenters. The molecule has 1 amide bonds. The molecular formula is C17H19ClN4O4. The summed E-state index contributed by atoms with van der Waals surface area (Å²) in [6.45, 7) is 2.40. The van der Waals surface area contributed by atoms with Crippen LogP contribution in [0.2, 0.25) is 5.02 Å². The van der Waals surface area contributed by atoms with E-state index in [-0.39, 0.29) is 24.3 Å². The molecule has 1 aromatic carbocycles. The van der Waals surface area contributed by atoms with Crippen molar-refractivity contribution in [1.29, 1.82) is 0 Å². The number of aromatic nitrogens is 3. The molecule has 2 heterocycles. The Morgan fingerprint density at radius 1 is 1.42 bits per heavy atom. The highest BCUT2D eigenvalue weighted by Gasteiger charge is 2.20. The minimum Gasteiger partial charge on any atom is -0.451 e. The van der Waals surface area contributed by atoms with Crippen LogP contribution in [0, 0.1) is 6.92 Å². The summed E-state index contributed by atoms with van der Waals surface area (Å²) in [4.78, 5) is 25.3. The van der Waals surface area contributed by atoms with Crippen LogP contribution in [-0.2, 0) is 14.3 Å². The maximum Gasteiger partial charge on any atom is 0.361 e. The lowest BCUT2D eigenvalue weighted by atomic mass is 10.2. The molecule has 0 spiro atoms. The molecule has 0 saturated carbocycles. The van der Waals surface area contributed by atoms with Crippen molar-refractivity contribution in [3.63, 3.8) is 0 Å². The average molecular weight is 379 g/mol. The second-order valence-corrected chi connectivity index (χ2v) is 6.36. The Morgan fingerprint density at radius 3 is 3.00 bits per heavy atom. The largest absolute Gasteiger partial charge is 0.451 e. The lowest BCUT2D eigenvalue weighted by Crippen LogP contribution is -2.34. The number of aryl methyl sites for hydroxylation is 1. The van der Waals surface area contributed by atoms with E-state index in [1.807, 2.05) is 0 Å². The monoisotopic (exact) mass is 378 g/mol. The lowest BCUT2D eigenvalue weighted by Gasteiger charge is -2.10. The molecule has 1 N–H and O–H groups in total. The summed E-state index contributed by atoms with van der Waals surface area (Å²) in [5, 5.41) is 11.5. The first-order valence-corrected chi connectivity index (χ1v) is 8.66. The van der Waals surface area contributed by atoms with Crippen molar-refractivity contribution in [1.82, 2.24) is 20.3 Å². The molecule has 1 fully saturated rings. The van der Waals surface area contributed by atoms with Crippen molar-refractivity contribution < 1.29 is 19.1 Å². The van der Waals surface area contributed by atoms with Gasteiger partial charge in [-0.3, -0.25) is 4.79 Å². The zero-order valence-corrected chi connectivity index (χ0v) is 15.0. The lowest BCUT2D eigenvalue weighted by molar-refractivity contribution is -0.124. The van der Waals surface area contributed by atoms with E-state index in [2.05, 4.69) is 15.5 Å². The number of ether oxygens (including phenoxy) is 2. The van der Waals surface area contributed by atoms with Gasteiger partial charge in [-0.05, 0) is 38.0 Å². The summed E-state index contributed by atoms with van der Waals surface area (Å²) in [5.41, 5.74) is 1.07. The molecule has 2 aromatic rings. The van der Waals surface area contributed by atoms with E-state index in [1.54, 1.807) is 31.2 Å². The number of carbonyl (C=O) groups excluding carboxylic acids is 2. The van der Waals surface area contributed by atoms with Crippen molar-refractivity contribution in [2.75, 3.05) is 19.8 Å². The van der Waals surface area contributed by atoms with Crippen LogP contribution in [0.1, 0.15) is 29.0 Å². The van der Waals surface area contributed by atoms with Gasteiger partial charge in [0, 0.05) is 18.2 Å². The summed E-state index contributed by atoms with van der Waals surface area (Å²) in [7, 11) is 0. The average Bonchev–Trinajstić information content (AvgIpc) is 3.27. The second kappa shape index (κ2) is 8.29. The third-order valence-corrected chi connectivity index (χ3v) is 4.13. The third kappa shape index (κ3) is 4.59. The first-order valence-electron chi connectivity index (χ1n) is 8.28. The van der Waals surface area contributed by atoms with E-state index in [1.165, 1.54) is 4.80 Å². The van der Waals surface area contributed by atoms with Crippen LogP contribution in [0.5, 0.6) is 0 Å². The van der Waals surface area contributed by atoms with E-state index < -0.39 is 5.97 Å². The van der Waals surface area contributed by atoms with E-state index in [9.17, 15) is 9.59 Å². The van der Waals surface area contributed by atoms with Gasteiger partial charge in [0.2, 0.25) is 0 Å². The predicted molar refractivity (Wildman–Crippen MR) is 93.4 cm³/mol. The number of rotatable bonds is 6. The van der Waals surface area contributed by atoms with Crippen molar-refractivity contribution in [2.24, 2.45) is 0 Å². The van der Waals surface area contributed by atoms with Crippen molar-refractivity contribution in [2.45, 2.75) is 25.9 Å². The molecule has 1 aliphatic heterocycles. The molecule has 1 aromatic heterocycles. The normalized spacial score (nSPS) is 16.5. The van der Waals surface area contributed by atoms with Crippen LogP contribution in [0.4, 0.5) is 0 Å². The standard InChI is InChI=1S/C17H19ClN4O4/c1-11-16(21-22(20-11)13-5-2-4-12(18)8-13)17(24)26-10-15(23)19-9-14-6-3-7-25-14/h2,4-5,8,14H,3,6-7,9-10H2,1H3,(H,19,23)/t14-/m0/s1. The third-order valence-electron chi connectivity index (χ3n) is 3.90. The summed E-state index contributed by atoms with van der Waals surface area (Å²) in [5.74, 6) is -1.09. The maximum atomic E-state index is 12.2. The maximum absolute atomic E-state index is 12.2. The molecular weight excluding hydrogens is 360 g/mol. The SMILES string of the molecule is Cc1nn(-c2cccc(Cl)c2)nc1C(=O)OCC(=O)NC[C@@H]1CCCO1. The van der Waals surface area contributed by atoms with Crippen LogP contribution in [0.15, 0.2) is 24.3 Å². The van der Waals surface area contributed by atoms with Crippen molar-refractivity contribution in [3.8, 4) is 5.69 Å². The van der Waals surface area contributed by atoms with Crippen LogP contribution < -0.4 is 5.32 Å². The number of nitrogens with one attached hydrogen (secondary N) is 1. The van der Waals surface area contributed by atoms with Gasteiger partial charge in [-0.15, -0.1) is 5.10 Å². The number of carbonyl (C=O) groups is 2. The van der Waals surface area contributed by atoms with Gasteiger partial charge in [-0.25, -0.2) is 4.79 Å². The van der Waals surface area contributed by atoms with E-state index in [0.29, 0.717) is 22.9 Å². The Bertz CT molecular complexity index is 802. The van der Waals surface area contributed by atoms with E-state index in [4.69, 9.17) is 21.1 Å². The molecule has 1 saturated heterocycles. The number of hydrogen-bond acceptors (Lipinski definition) is 6. The highest BCUT2D eigenvalue weighted by atomic mass is 35.5. The van der Waals surface area contributed by atoms with E-state index >= 15 is 0 Å². The molecule has 8 nitrogen and oxygen atoms in total. The van der Waals surface area contributed by atoms with Gasteiger partial charge in [0.1, 0.15) is 0 Å². The Labute approximate surface area is 155 Å². The summed E-state index contributed by atoms with van der Waals surface area (Å²) < 4.78 is 10.4. The van der Waals surface area contributed by atoms with Crippen molar-refractivity contribution in [3.05, 3.63) is 40.7 Å². The Morgan fingerprint density at radius 2 is 2.27 bits per heavy atom. The van der Waals surface area contributed by atoms with E-state index in [0.717, 1.165) is 19.4 Å². The highest BCUT2D eigenvalue weighted by Crippen LogP contribution is 2.15. The summed E-state index contributed by atoms with van der Waals surface area (Å²) >= 11 is 5.95. The molecule has 138 valence electrons. The van der Waals surface area contributed by atoms with Crippen LogP contribution in [0.3, 0.4) is 0 Å². The topological polar surface area (TPSA) is 95.3 Å². The molecule has 0 radical (unpaired) electrons. The summed E-state index contributed by atoms with van der Waals surface area (Å²) in [6, 6.07) is 6.92. The highest BCUT2D eigenvalue weighted by molar-refractivity contribution is 6.30. The number of halogens is 1. The predicted octanol–water partition coefficient (Wildman–Crippen LogP) is 1.68. The molecule has 9 heteroatoms. The Hall–Kier alpha value is -2.45. The van der Waals surface area contributed by atoms with Crippen LogP contribution in [-0.4, -0.2) is 52.7 Å². The molecule has 0 aliphatic carbocycles. The zero-order valence-electron chi connectivity index (χ0n) is 14.3. The zero-order chi connectivity index (χ0) is 18.5. The fourth-order valence-electron chi connectivity index (χ4n) is 2.57. The van der Waals surface area contributed by atoms with Crippen molar-refractivity contribution >= 4 is 23.5 Å².